The second-order valence-electron chi connectivity index (χ2n) is 6.67. The minimum atomic E-state index is 0.503. The number of aromatic nitrogens is 2. The summed E-state index contributed by atoms with van der Waals surface area (Å²) < 4.78 is 2.34. The van der Waals surface area contributed by atoms with E-state index in [9.17, 15) is 0 Å². The van der Waals surface area contributed by atoms with Crippen molar-refractivity contribution in [3.63, 3.8) is 0 Å². The van der Waals surface area contributed by atoms with E-state index in [1.807, 2.05) is 18.5 Å². The standard InChI is InChI=1S/C20H23N3/c1-15-7-8-19-17(11-15)12-18(22(19)2)14-23-10-4-6-20(23)16-5-3-9-21-13-16/h3,5,7-9,11-13,20H,4,6,10,14H2,1-2H3. The first-order valence-electron chi connectivity index (χ1n) is 8.41. The monoisotopic (exact) mass is 305 g/mol. The third kappa shape index (κ3) is 2.66. The van der Waals surface area contributed by atoms with Gasteiger partial charge in [0.05, 0.1) is 0 Å². The molecule has 1 aliphatic rings. The van der Waals surface area contributed by atoms with Crippen LogP contribution >= 0.6 is 0 Å². The van der Waals surface area contributed by atoms with Crippen molar-refractivity contribution in [2.75, 3.05) is 6.54 Å². The molecule has 1 aliphatic heterocycles. The molecular weight excluding hydrogens is 282 g/mol. The van der Waals surface area contributed by atoms with Crippen LogP contribution in [-0.4, -0.2) is 21.0 Å². The van der Waals surface area contributed by atoms with Crippen molar-refractivity contribution >= 4 is 10.9 Å². The molecular formula is C20H23N3. The Bertz CT molecular complexity index is 820. The maximum Gasteiger partial charge on any atom is 0.0480 e. The summed E-state index contributed by atoms with van der Waals surface area (Å²) >= 11 is 0. The normalized spacial score (nSPS) is 18.8. The number of fused-ring (bicyclic) bond motifs is 1. The molecule has 3 heteroatoms. The zero-order valence-electron chi connectivity index (χ0n) is 13.9. The molecule has 0 amide bonds. The van der Waals surface area contributed by atoms with E-state index in [1.165, 1.54) is 47.1 Å². The number of rotatable bonds is 3. The van der Waals surface area contributed by atoms with Crippen LogP contribution in [0.5, 0.6) is 0 Å². The Morgan fingerprint density at radius 3 is 2.96 bits per heavy atom. The lowest BCUT2D eigenvalue weighted by atomic mass is 10.1. The smallest absolute Gasteiger partial charge is 0.0480 e. The number of likely N-dealkylation sites (tertiary alicyclic amines) is 1. The third-order valence-corrected chi connectivity index (χ3v) is 5.10. The second kappa shape index (κ2) is 5.82. The molecule has 23 heavy (non-hydrogen) atoms. The van der Waals surface area contributed by atoms with Gasteiger partial charge >= 0.3 is 0 Å². The number of hydrogen-bond acceptors (Lipinski definition) is 2. The van der Waals surface area contributed by atoms with Crippen LogP contribution in [0.3, 0.4) is 0 Å². The lowest BCUT2D eigenvalue weighted by molar-refractivity contribution is 0.243. The van der Waals surface area contributed by atoms with Gasteiger partial charge in [-0.25, -0.2) is 0 Å². The number of nitrogens with zero attached hydrogens (tertiary/aromatic N) is 3. The molecule has 3 nitrogen and oxygen atoms in total. The van der Waals surface area contributed by atoms with Crippen molar-refractivity contribution < 1.29 is 0 Å². The van der Waals surface area contributed by atoms with Gasteiger partial charge in [-0.15, -0.1) is 0 Å². The first-order valence-corrected chi connectivity index (χ1v) is 8.41. The topological polar surface area (TPSA) is 21.1 Å². The molecule has 0 saturated carbocycles. The van der Waals surface area contributed by atoms with Gasteiger partial charge in [-0.3, -0.25) is 9.88 Å². The van der Waals surface area contributed by atoms with Gasteiger partial charge in [-0.1, -0.05) is 17.7 Å². The summed E-state index contributed by atoms with van der Waals surface area (Å²) in [6.45, 7) is 4.33. The van der Waals surface area contributed by atoms with Crippen LogP contribution in [-0.2, 0) is 13.6 Å². The molecule has 4 rings (SSSR count). The lowest BCUT2D eigenvalue weighted by Gasteiger charge is -2.24. The van der Waals surface area contributed by atoms with Crippen LogP contribution in [0, 0.1) is 6.92 Å². The van der Waals surface area contributed by atoms with Gasteiger partial charge in [-0.05, 0) is 56.1 Å². The zero-order chi connectivity index (χ0) is 15.8. The molecule has 0 bridgehead atoms. The minimum absolute atomic E-state index is 0.503. The number of hydrogen-bond donors (Lipinski definition) is 0. The van der Waals surface area contributed by atoms with E-state index in [2.05, 4.69) is 58.8 Å². The fourth-order valence-corrected chi connectivity index (χ4v) is 3.85. The molecule has 0 aliphatic carbocycles. The van der Waals surface area contributed by atoms with Crippen LogP contribution < -0.4 is 0 Å². The highest BCUT2D eigenvalue weighted by molar-refractivity contribution is 5.82. The van der Waals surface area contributed by atoms with E-state index in [0.717, 1.165) is 6.54 Å². The van der Waals surface area contributed by atoms with Crippen molar-refractivity contribution in [1.29, 1.82) is 0 Å². The van der Waals surface area contributed by atoms with E-state index in [4.69, 9.17) is 0 Å². The maximum absolute atomic E-state index is 4.30. The molecule has 0 radical (unpaired) electrons. The maximum atomic E-state index is 4.30. The van der Waals surface area contributed by atoms with Crippen LogP contribution in [0.25, 0.3) is 10.9 Å². The summed E-state index contributed by atoms with van der Waals surface area (Å²) in [5.41, 5.74) is 5.38. The van der Waals surface area contributed by atoms with Crippen molar-refractivity contribution in [2.24, 2.45) is 7.05 Å². The van der Waals surface area contributed by atoms with Crippen LogP contribution in [0.15, 0.2) is 48.8 Å². The van der Waals surface area contributed by atoms with Crippen molar-refractivity contribution in [3.8, 4) is 0 Å². The Labute approximate surface area is 137 Å². The summed E-state index contributed by atoms with van der Waals surface area (Å²) in [5, 5.41) is 1.35. The molecule has 3 heterocycles. The molecule has 1 saturated heterocycles. The minimum Gasteiger partial charge on any atom is -0.346 e. The summed E-state index contributed by atoms with van der Waals surface area (Å²) in [6, 6.07) is 13.8. The highest BCUT2D eigenvalue weighted by Crippen LogP contribution is 2.33. The number of aryl methyl sites for hydroxylation is 2. The fraction of sp³-hybridized carbons (Fsp3) is 0.350. The Morgan fingerprint density at radius 2 is 2.13 bits per heavy atom. The van der Waals surface area contributed by atoms with Gasteiger partial charge in [0.25, 0.3) is 0 Å². The van der Waals surface area contributed by atoms with Crippen molar-refractivity contribution in [1.82, 2.24) is 14.5 Å². The second-order valence-corrected chi connectivity index (χ2v) is 6.67. The Balaban J connectivity index is 1.63. The first-order chi connectivity index (χ1) is 11.2. The molecule has 1 unspecified atom stereocenters. The van der Waals surface area contributed by atoms with Gasteiger partial charge < -0.3 is 4.57 Å². The summed E-state index contributed by atoms with van der Waals surface area (Å²) in [7, 11) is 2.18. The van der Waals surface area contributed by atoms with E-state index in [-0.39, 0.29) is 0 Å². The highest BCUT2D eigenvalue weighted by atomic mass is 15.2. The number of benzene rings is 1. The van der Waals surface area contributed by atoms with Crippen molar-refractivity contribution in [2.45, 2.75) is 32.4 Å². The molecule has 1 fully saturated rings. The Morgan fingerprint density at radius 1 is 1.22 bits per heavy atom. The van der Waals surface area contributed by atoms with E-state index < -0.39 is 0 Å². The molecule has 2 aromatic heterocycles. The van der Waals surface area contributed by atoms with Gasteiger partial charge in [0, 0.05) is 48.6 Å². The van der Waals surface area contributed by atoms with Crippen LogP contribution in [0.4, 0.5) is 0 Å². The van der Waals surface area contributed by atoms with Crippen LogP contribution in [0.1, 0.15) is 35.7 Å². The average molecular weight is 305 g/mol. The van der Waals surface area contributed by atoms with Crippen LogP contribution in [0.2, 0.25) is 0 Å². The molecule has 118 valence electrons. The molecule has 1 aromatic carbocycles. The van der Waals surface area contributed by atoms with Crippen molar-refractivity contribution in [3.05, 3.63) is 65.6 Å². The quantitative estimate of drug-likeness (QED) is 0.722. The van der Waals surface area contributed by atoms with E-state index >= 15 is 0 Å². The predicted octanol–water partition coefficient (Wildman–Crippen LogP) is 4.22. The predicted molar refractivity (Wildman–Crippen MR) is 94.3 cm³/mol. The Hall–Kier alpha value is -2.13. The van der Waals surface area contributed by atoms with Gasteiger partial charge in [0.1, 0.15) is 0 Å². The van der Waals surface area contributed by atoms with Gasteiger partial charge in [0.2, 0.25) is 0 Å². The number of pyridine rings is 1. The fourth-order valence-electron chi connectivity index (χ4n) is 3.85. The van der Waals surface area contributed by atoms with Gasteiger partial charge in [-0.2, -0.15) is 0 Å². The average Bonchev–Trinajstić information content (AvgIpc) is 3.14. The zero-order valence-corrected chi connectivity index (χ0v) is 13.9. The molecule has 0 N–H and O–H groups in total. The molecule has 0 spiro atoms. The molecule has 1 atom stereocenters. The largest absolute Gasteiger partial charge is 0.346 e. The van der Waals surface area contributed by atoms with E-state index in [1.54, 1.807) is 0 Å². The lowest BCUT2D eigenvalue weighted by Crippen LogP contribution is -2.24. The summed E-state index contributed by atoms with van der Waals surface area (Å²) in [5.74, 6) is 0. The SMILES string of the molecule is Cc1ccc2c(c1)cc(CN1CCCC1c1cccnc1)n2C. The third-order valence-electron chi connectivity index (χ3n) is 5.10. The van der Waals surface area contributed by atoms with E-state index in [0.29, 0.717) is 6.04 Å². The first kappa shape index (κ1) is 14.5. The summed E-state index contributed by atoms with van der Waals surface area (Å²) in [6.07, 6.45) is 6.38. The highest BCUT2D eigenvalue weighted by Gasteiger charge is 2.26. The Kier molecular flexibility index (Phi) is 3.66. The molecule has 3 aromatic rings. The van der Waals surface area contributed by atoms with Gasteiger partial charge in [0.15, 0.2) is 0 Å². The summed E-state index contributed by atoms with van der Waals surface area (Å²) in [4.78, 5) is 6.90.